The van der Waals surface area contributed by atoms with Gasteiger partial charge in [-0.05, 0) is 12.2 Å². The molecule has 1 heterocycles. The van der Waals surface area contributed by atoms with Crippen molar-refractivity contribution in [2.75, 3.05) is 0 Å². The predicted octanol–water partition coefficient (Wildman–Crippen LogP) is 1.93. The summed E-state index contributed by atoms with van der Waals surface area (Å²) >= 11 is 6.00. The second kappa shape index (κ2) is 5.03. The summed E-state index contributed by atoms with van der Waals surface area (Å²) in [6.07, 6.45) is 0. The first kappa shape index (κ1) is 10.3. The van der Waals surface area contributed by atoms with Gasteiger partial charge in [0.05, 0.1) is 0 Å². The topological polar surface area (TPSA) is 58.9 Å². The van der Waals surface area contributed by atoms with Crippen molar-refractivity contribution in [3.63, 3.8) is 0 Å². The van der Waals surface area contributed by atoms with Crippen LogP contribution in [0.3, 0.4) is 0 Å². The number of primary amides is 1. The van der Waals surface area contributed by atoms with Crippen molar-refractivity contribution < 1.29 is 4.79 Å². The van der Waals surface area contributed by atoms with Gasteiger partial charge in [-0.15, -0.1) is 11.3 Å². The van der Waals surface area contributed by atoms with Crippen molar-refractivity contribution in [3.05, 3.63) is 15.0 Å². The summed E-state index contributed by atoms with van der Waals surface area (Å²) in [5.74, 6) is -0.470. The van der Waals surface area contributed by atoms with E-state index >= 15 is 0 Å². The number of thiazole rings is 1. The van der Waals surface area contributed by atoms with Gasteiger partial charge in [-0.1, -0.05) is 13.8 Å². The third-order valence-corrected chi connectivity index (χ3v) is 1.85. The van der Waals surface area contributed by atoms with Gasteiger partial charge in [0, 0.05) is 5.38 Å². The maximum atomic E-state index is 10.4. The van der Waals surface area contributed by atoms with E-state index in [-0.39, 0.29) is 0 Å². The number of H-pyrrole nitrogens is 1. The van der Waals surface area contributed by atoms with Gasteiger partial charge in [-0.3, -0.25) is 4.79 Å². The Morgan fingerprint density at radius 2 is 2.27 bits per heavy atom. The molecule has 0 spiro atoms. The van der Waals surface area contributed by atoms with E-state index in [1.165, 1.54) is 11.3 Å². The molecule has 0 saturated carbocycles. The average molecular weight is 190 g/mol. The highest BCUT2D eigenvalue weighted by atomic mass is 32.1. The molecule has 1 amide bonds. The Morgan fingerprint density at radius 1 is 1.73 bits per heavy atom. The van der Waals surface area contributed by atoms with E-state index in [1.807, 2.05) is 13.8 Å². The summed E-state index contributed by atoms with van der Waals surface area (Å²) in [6.45, 7) is 4.00. The molecule has 0 bridgehead atoms. The Morgan fingerprint density at radius 3 is 2.45 bits per heavy atom. The molecule has 62 valence electrons. The van der Waals surface area contributed by atoms with Crippen molar-refractivity contribution in [3.8, 4) is 0 Å². The molecule has 0 saturated heterocycles. The van der Waals surface area contributed by atoms with Crippen molar-refractivity contribution in [2.45, 2.75) is 13.8 Å². The van der Waals surface area contributed by atoms with E-state index in [1.54, 1.807) is 5.38 Å². The number of nitrogens with one attached hydrogen (secondary N) is 1. The van der Waals surface area contributed by atoms with Gasteiger partial charge in [0.2, 0.25) is 0 Å². The summed E-state index contributed by atoms with van der Waals surface area (Å²) < 4.78 is 0.573. The minimum atomic E-state index is -0.470. The largest absolute Gasteiger partial charge is 0.364 e. The van der Waals surface area contributed by atoms with Crippen molar-refractivity contribution >= 4 is 29.5 Å². The number of hydrogen-bond donors (Lipinski definition) is 2. The molecule has 0 atom stereocenters. The quantitative estimate of drug-likeness (QED) is 0.665. The maximum Gasteiger partial charge on any atom is 0.266 e. The molecule has 3 nitrogen and oxygen atoms in total. The Labute approximate surface area is 74.3 Å². The van der Waals surface area contributed by atoms with Gasteiger partial charge in [-0.25, -0.2) is 0 Å². The molecule has 11 heavy (non-hydrogen) atoms. The number of rotatable bonds is 1. The minimum absolute atomic E-state index is 0.380. The average Bonchev–Trinajstić information content (AvgIpc) is 2.40. The lowest BCUT2D eigenvalue weighted by molar-refractivity contribution is 0.0996. The van der Waals surface area contributed by atoms with Gasteiger partial charge >= 0.3 is 0 Å². The van der Waals surface area contributed by atoms with Crippen LogP contribution in [0.4, 0.5) is 0 Å². The minimum Gasteiger partial charge on any atom is -0.364 e. The first-order valence-corrected chi connectivity index (χ1v) is 4.46. The van der Waals surface area contributed by atoms with Crippen LogP contribution in [0.25, 0.3) is 0 Å². The van der Waals surface area contributed by atoms with E-state index in [0.29, 0.717) is 9.65 Å². The van der Waals surface area contributed by atoms with Crippen LogP contribution in [0.2, 0.25) is 0 Å². The van der Waals surface area contributed by atoms with Crippen LogP contribution in [0, 0.1) is 3.95 Å². The molecule has 0 aliphatic carbocycles. The van der Waals surface area contributed by atoms with E-state index < -0.39 is 5.91 Å². The fourth-order valence-corrected chi connectivity index (χ4v) is 1.22. The lowest BCUT2D eigenvalue weighted by Gasteiger charge is -1.81. The normalized spacial score (nSPS) is 8.18. The number of carbonyl (C=O) groups is 1. The lowest BCUT2D eigenvalue weighted by atomic mass is 10.5. The maximum absolute atomic E-state index is 10.4. The van der Waals surface area contributed by atoms with Crippen LogP contribution >= 0.6 is 23.6 Å². The molecular weight excluding hydrogens is 180 g/mol. The molecule has 5 heteroatoms. The molecule has 0 radical (unpaired) electrons. The summed E-state index contributed by atoms with van der Waals surface area (Å²) in [5, 5.41) is 1.60. The molecule has 0 unspecified atom stereocenters. The number of nitrogens with two attached hydrogens (primary N) is 1. The Hall–Kier alpha value is -0.680. The monoisotopic (exact) mass is 190 g/mol. The molecule has 1 aromatic rings. The van der Waals surface area contributed by atoms with E-state index in [4.69, 9.17) is 18.0 Å². The van der Waals surface area contributed by atoms with Crippen LogP contribution in [-0.4, -0.2) is 10.9 Å². The smallest absolute Gasteiger partial charge is 0.266 e. The highest BCUT2D eigenvalue weighted by molar-refractivity contribution is 7.73. The lowest BCUT2D eigenvalue weighted by Crippen LogP contribution is -2.10. The van der Waals surface area contributed by atoms with Crippen LogP contribution in [0.15, 0.2) is 5.38 Å². The Bertz CT molecular complexity index is 276. The zero-order valence-electron chi connectivity index (χ0n) is 6.38. The zero-order chi connectivity index (χ0) is 8.85. The Balaban J connectivity index is 0.000000461. The van der Waals surface area contributed by atoms with Gasteiger partial charge in [0.25, 0.3) is 5.91 Å². The van der Waals surface area contributed by atoms with Crippen LogP contribution in [0.5, 0.6) is 0 Å². The molecule has 0 aromatic carbocycles. The van der Waals surface area contributed by atoms with E-state index in [9.17, 15) is 4.79 Å². The fourth-order valence-electron chi connectivity index (χ4n) is 0.401. The number of carbonyl (C=O) groups excluding carboxylic acids is 1. The number of amides is 1. The van der Waals surface area contributed by atoms with E-state index in [2.05, 4.69) is 4.98 Å². The molecule has 0 fully saturated rings. The third-order valence-electron chi connectivity index (χ3n) is 0.786. The predicted molar refractivity (Wildman–Crippen MR) is 49.4 cm³/mol. The van der Waals surface area contributed by atoms with Gasteiger partial charge in [0.15, 0.2) is 3.95 Å². The Kier molecular flexibility index (Phi) is 4.72. The van der Waals surface area contributed by atoms with Crippen LogP contribution < -0.4 is 5.73 Å². The number of hydrogen-bond acceptors (Lipinski definition) is 3. The zero-order valence-corrected chi connectivity index (χ0v) is 8.01. The van der Waals surface area contributed by atoms with Gasteiger partial charge in [0.1, 0.15) is 5.69 Å². The van der Waals surface area contributed by atoms with Crippen LogP contribution in [-0.2, 0) is 0 Å². The van der Waals surface area contributed by atoms with Gasteiger partial charge < -0.3 is 10.7 Å². The first-order valence-electron chi connectivity index (χ1n) is 3.18. The van der Waals surface area contributed by atoms with Gasteiger partial charge in [-0.2, -0.15) is 0 Å². The third kappa shape index (κ3) is 3.29. The summed E-state index contributed by atoms with van der Waals surface area (Å²) in [6, 6.07) is 0. The standard InChI is InChI=1S/C4H4N2OS2.C2H6/c5-3(7)2-1-9-4(8)6-2;1-2/h1H,(H2,5,7)(H,6,8);1-2H3. The van der Waals surface area contributed by atoms with Crippen molar-refractivity contribution in [2.24, 2.45) is 5.73 Å². The second-order valence-electron chi connectivity index (χ2n) is 1.43. The number of aromatic amines is 1. The molecule has 0 aliphatic heterocycles. The first-order chi connectivity index (χ1) is 5.20. The molecule has 1 aromatic heterocycles. The highest BCUT2D eigenvalue weighted by Gasteiger charge is 1.98. The summed E-state index contributed by atoms with van der Waals surface area (Å²) in [4.78, 5) is 13.0. The molecular formula is C6H10N2OS2. The summed E-state index contributed by atoms with van der Waals surface area (Å²) in [5.41, 5.74) is 5.30. The van der Waals surface area contributed by atoms with Crippen molar-refractivity contribution in [1.82, 2.24) is 4.98 Å². The SMILES string of the molecule is CC.NC(=O)c1csc(=S)[nH]1. The summed E-state index contributed by atoms with van der Waals surface area (Å²) in [7, 11) is 0. The van der Waals surface area contributed by atoms with E-state index in [0.717, 1.165) is 0 Å². The molecule has 1 rings (SSSR count). The number of aromatic nitrogens is 1. The second-order valence-corrected chi connectivity index (χ2v) is 2.97. The van der Waals surface area contributed by atoms with Crippen molar-refractivity contribution in [1.29, 1.82) is 0 Å². The molecule has 0 aliphatic rings. The highest BCUT2D eigenvalue weighted by Crippen LogP contribution is 2.02. The van der Waals surface area contributed by atoms with Crippen LogP contribution in [0.1, 0.15) is 24.3 Å². The fraction of sp³-hybridized carbons (Fsp3) is 0.333. The molecule has 3 N–H and O–H groups in total.